The molecule has 6 heteroatoms. The molecule has 0 spiro atoms. The highest BCUT2D eigenvalue weighted by Crippen LogP contribution is 2.35. The van der Waals surface area contributed by atoms with Crippen molar-refractivity contribution in [1.82, 2.24) is 4.90 Å². The van der Waals surface area contributed by atoms with Gasteiger partial charge in [0.1, 0.15) is 11.5 Å². The van der Waals surface area contributed by atoms with Crippen LogP contribution in [0.3, 0.4) is 0 Å². The number of hydrogen-bond acceptors (Lipinski definition) is 5. The number of benzene rings is 1. The van der Waals surface area contributed by atoms with Crippen LogP contribution in [0.5, 0.6) is 11.5 Å². The van der Waals surface area contributed by atoms with Crippen molar-refractivity contribution in [2.45, 2.75) is 32.4 Å². The van der Waals surface area contributed by atoms with Crippen molar-refractivity contribution >= 4 is 11.7 Å². The lowest BCUT2D eigenvalue weighted by Gasteiger charge is -2.30. The molecule has 0 radical (unpaired) electrons. The van der Waals surface area contributed by atoms with Gasteiger partial charge in [0.05, 0.1) is 20.8 Å². The molecule has 2 aliphatic rings. The molecule has 1 heterocycles. The molecular weight excluding hydrogens is 284 g/mol. The number of methoxy groups -OCH3 is 2. The second-order valence-electron chi connectivity index (χ2n) is 5.62. The van der Waals surface area contributed by atoms with Crippen molar-refractivity contribution < 1.29 is 19.1 Å². The number of hydrogen-bond donors (Lipinski definition) is 0. The van der Waals surface area contributed by atoms with Crippen molar-refractivity contribution in [3.05, 3.63) is 23.8 Å². The predicted octanol–water partition coefficient (Wildman–Crippen LogP) is 2.17. The summed E-state index contributed by atoms with van der Waals surface area (Å²) < 4.78 is 10.6. The second kappa shape index (κ2) is 5.87. The maximum atomic E-state index is 12.4. The summed E-state index contributed by atoms with van der Waals surface area (Å²) >= 11 is 0. The van der Waals surface area contributed by atoms with Gasteiger partial charge in [-0.25, -0.2) is 0 Å². The topological polar surface area (TPSA) is 60.4 Å². The Labute approximate surface area is 129 Å². The van der Waals surface area contributed by atoms with Crippen LogP contribution >= 0.6 is 0 Å². The first-order valence-corrected chi connectivity index (χ1v) is 7.39. The minimum absolute atomic E-state index is 0.0568. The Kier molecular flexibility index (Phi) is 3.92. The highest BCUT2D eigenvalue weighted by Gasteiger charge is 2.39. The van der Waals surface area contributed by atoms with E-state index in [1.165, 1.54) is 0 Å². The fourth-order valence-corrected chi connectivity index (χ4v) is 2.50. The summed E-state index contributed by atoms with van der Waals surface area (Å²) in [6.07, 6.45) is 1.57. The second-order valence-corrected chi connectivity index (χ2v) is 5.62. The van der Waals surface area contributed by atoms with E-state index in [1.807, 2.05) is 18.2 Å². The zero-order valence-electron chi connectivity index (χ0n) is 13.0. The molecule has 3 rings (SSSR count). The lowest BCUT2D eigenvalue weighted by Crippen LogP contribution is -2.46. The number of ether oxygens (including phenoxy) is 2. The van der Waals surface area contributed by atoms with E-state index in [1.54, 1.807) is 26.0 Å². The van der Waals surface area contributed by atoms with Crippen LogP contribution in [0, 0.1) is 5.92 Å². The van der Waals surface area contributed by atoms with Crippen molar-refractivity contribution in [3.63, 3.8) is 0 Å². The van der Waals surface area contributed by atoms with Gasteiger partial charge in [0.15, 0.2) is 5.84 Å². The average molecular weight is 304 g/mol. The van der Waals surface area contributed by atoms with Gasteiger partial charge in [0.25, 0.3) is 5.91 Å². The van der Waals surface area contributed by atoms with E-state index in [9.17, 15) is 4.79 Å². The summed E-state index contributed by atoms with van der Waals surface area (Å²) in [6, 6.07) is 5.62. The van der Waals surface area contributed by atoms with Gasteiger partial charge in [-0.1, -0.05) is 5.16 Å². The van der Waals surface area contributed by atoms with E-state index in [-0.39, 0.29) is 5.91 Å². The Morgan fingerprint density at radius 2 is 1.86 bits per heavy atom. The molecule has 1 aliphatic carbocycles. The third kappa shape index (κ3) is 2.86. The molecule has 22 heavy (non-hydrogen) atoms. The van der Waals surface area contributed by atoms with Gasteiger partial charge in [-0.2, -0.15) is 0 Å². The molecule has 0 N–H and O–H groups in total. The Hall–Kier alpha value is -2.24. The fourth-order valence-electron chi connectivity index (χ4n) is 2.50. The SMILES string of the molecule is COc1cc(CN2C(=O)C(C)ON=C2C2CC2)cc(OC)c1. The minimum Gasteiger partial charge on any atom is -0.497 e. The number of amidine groups is 1. The summed E-state index contributed by atoms with van der Waals surface area (Å²) in [6.45, 7) is 2.16. The normalized spacial score (nSPS) is 21.2. The van der Waals surface area contributed by atoms with Gasteiger partial charge in [-0.3, -0.25) is 9.69 Å². The quantitative estimate of drug-likeness (QED) is 0.836. The van der Waals surface area contributed by atoms with Crippen LogP contribution in [0.1, 0.15) is 25.3 Å². The van der Waals surface area contributed by atoms with Crippen LogP contribution in [-0.4, -0.2) is 37.0 Å². The Morgan fingerprint density at radius 3 is 2.41 bits per heavy atom. The predicted molar refractivity (Wildman–Crippen MR) is 80.8 cm³/mol. The third-order valence-corrected chi connectivity index (χ3v) is 3.89. The monoisotopic (exact) mass is 304 g/mol. The Bertz CT molecular complexity index is 588. The number of nitrogens with zero attached hydrogens (tertiary/aromatic N) is 2. The largest absolute Gasteiger partial charge is 0.497 e. The number of carbonyl (C=O) groups excluding carboxylic acids is 1. The summed E-state index contributed by atoms with van der Waals surface area (Å²) in [5, 5.41) is 4.14. The molecule has 118 valence electrons. The highest BCUT2D eigenvalue weighted by atomic mass is 16.6. The van der Waals surface area contributed by atoms with Gasteiger partial charge in [-0.15, -0.1) is 0 Å². The van der Waals surface area contributed by atoms with E-state index >= 15 is 0 Å². The molecular formula is C16H20N2O4. The van der Waals surface area contributed by atoms with Crippen molar-refractivity contribution in [1.29, 1.82) is 0 Å². The molecule has 1 aliphatic heterocycles. The highest BCUT2D eigenvalue weighted by molar-refractivity contribution is 6.02. The van der Waals surface area contributed by atoms with Crippen molar-refractivity contribution in [3.8, 4) is 11.5 Å². The standard InChI is InChI=1S/C16H20N2O4/c1-10-16(19)18(15(17-22-10)12-4-5-12)9-11-6-13(20-2)8-14(7-11)21-3/h6-8,10,12H,4-5,9H2,1-3H3. The van der Waals surface area contributed by atoms with E-state index in [2.05, 4.69) is 5.16 Å². The summed E-state index contributed by atoms with van der Waals surface area (Å²) in [5.41, 5.74) is 0.937. The average Bonchev–Trinajstić information content (AvgIpc) is 3.36. The summed E-state index contributed by atoms with van der Waals surface area (Å²) in [7, 11) is 3.22. The van der Waals surface area contributed by atoms with Gasteiger partial charge >= 0.3 is 0 Å². The summed E-state index contributed by atoms with van der Waals surface area (Å²) in [4.78, 5) is 19.4. The van der Waals surface area contributed by atoms with E-state index < -0.39 is 6.10 Å². The van der Waals surface area contributed by atoms with Crippen molar-refractivity contribution in [2.75, 3.05) is 14.2 Å². The molecule has 0 saturated heterocycles. The molecule has 1 unspecified atom stereocenters. The Balaban J connectivity index is 1.88. The number of amides is 1. The molecule has 0 aromatic heterocycles. The number of oxime groups is 1. The molecule has 1 aromatic carbocycles. The lowest BCUT2D eigenvalue weighted by atomic mass is 10.1. The molecule has 1 amide bonds. The van der Waals surface area contributed by atoms with Gasteiger partial charge in [0, 0.05) is 12.0 Å². The van der Waals surface area contributed by atoms with Crippen LogP contribution in [0.2, 0.25) is 0 Å². The lowest BCUT2D eigenvalue weighted by molar-refractivity contribution is -0.142. The van der Waals surface area contributed by atoms with E-state index in [0.29, 0.717) is 24.0 Å². The zero-order valence-corrected chi connectivity index (χ0v) is 13.0. The van der Waals surface area contributed by atoms with E-state index in [4.69, 9.17) is 14.3 Å². The van der Waals surface area contributed by atoms with E-state index in [0.717, 1.165) is 24.2 Å². The van der Waals surface area contributed by atoms with Gasteiger partial charge in [0.2, 0.25) is 6.10 Å². The maximum absolute atomic E-state index is 12.4. The molecule has 1 atom stereocenters. The van der Waals surface area contributed by atoms with Crippen LogP contribution < -0.4 is 9.47 Å². The molecule has 1 saturated carbocycles. The molecule has 0 bridgehead atoms. The van der Waals surface area contributed by atoms with Gasteiger partial charge in [-0.05, 0) is 37.5 Å². The van der Waals surface area contributed by atoms with Crippen molar-refractivity contribution in [2.24, 2.45) is 11.1 Å². The first-order valence-electron chi connectivity index (χ1n) is 7.39. The van der Waals surface area contributed by atoms with Gasteiger partial charge < -0.3 is 14.3 Å². The molecule has 6 nitrogen and oxygen atoms in total. The molecule has 1 fully saturated rings. The number of carbonyl (C=O) groups is 1. The van der Waals surface area contributed by atoms with Crippen LogP contribution in [0.15, 0.2) is 23.4 Å². The summed E-state index contributed by atoms with van der Waals surface area (Å²) in [5.74, 6) is 2.42. The Morgan fingerprint density at radius 1 is 1.23 bits per heavy atom. The minimum atomic E-state index is -0.546. The maximum Gasteiger partial charge on any atom is 0.271 e. The molecule has 1 aromatic rings. The smallest absolute Gasteiger partial charge is 0.271 e. The first kappa shape index (κ1) is 14.7. The fraction of sp³-hybridized carbons (Fsp3) is 0.500. The third-order valence-electron chi connectivity index (χ3n) is 3.89. The zero-order chi connectivity index (χ0) is 15.7. The first-order chi connectivity index (χ1) is 10.6. The van der Waals surface area contributed by atoms with Crippen LogP contribution in [0.25, 0.3) is 0 Å². The number of rotatable bonds is 5. The van der Waals surface area contributed by atoms with Crippen LogP contribution in [0.4, 0.5) is 0 Å². The van der Waals surface area contributed by atoms with Crippen LogP contribution in [-0.2, 0) is 16.2 Å².